The molecule has 0 aliphatic carbocycles. The minimum Gasteiger partial charge on any atom is -0.459 e. The first-order valence-corrected chi connectivity index (χ1v) is 12.9. The van der Waals surface area contributed by atoms with Crippen LogP contribution in [0.2, 0.25) is 0 Å². The lowest BCUT2D eigenvalue weighted by atomic mass is 9.82. The van der Waals surface area contributed by atoms with E-state index in [2.05, 4.69) is 0 Å². The maximum Gasteiger partial charge on any atom is 0.330 e. The molecule has 0 spiro atoms. The van der Waals surface area contributed by atoms with Crippen LogP contribution in [0.25, 0.3) is 0 Å². The van der Waals surface area contributed by atoms with Gasteiger partial charge in [0.1, 0.15) is 17.8 Å². The molecule has 0 aromatic carbocycles. The van der Waals surface area contributed by atoms with Crippen molar-refractivity contribution in [3.05, 3.63) is 36.5 Å². The zero-order chi connectivity index (χ0) is 27.2. The Balaban J connectivity index is 2.35. The van der Waals surface area contributed by atoms with Gasteiger partial charge >= 0.3 is 5.97 Å². The van der Waals surface area contributed by atoms with E-state index >= 15 is 0 Å². The largest absolute Gasteiger partial charge is 0.459 e. The monoisotopic (exact) mass is 508 g/mol. The number of cyclic esters (lactones) is 1. The van der Waals surface area contributed by atoms with Gasteiger partial charge in [-0.1, -0.05) is 52.0 Å². The summed E-state index contributed by atoms with van der Waals surface area (Å²) in [7, 11) is 0. The third-order valence-corrected chi connectivity index (χ3v) is 7.42. The van der Waals surface area contributed by atoms with E-state index in [1.807, 2.05) is 40.7 Å². The van der Waals surface area contributed by atoms with Crippen LogP contribution in [0.3, 0.4) is 0 Å². The number of ether oxygens (including phenoxy) is 3. The molecule has 0 bridgehead atoms. The Morgan fingerprint density at radius 3 is 2.33 bits per heavy atom. The second-order valence-corrected chi connectivity index (χ2v) is 10.7. The third kappa shape index (κ3) is 7.83. The smallest absolute Gasteiger partial charge is 0.330 e. The van der Waals surface area contributed by atoms with Crippen molar-refractivity contribution in [1.29, 1.82) is 0 Å². The Bertz CT molecular complexity index is 833. The first-order valence-electron chi connectivity index (χ1n) is 12.9. The molecule has 11 atom stereocenters. The van der Waals surface area contributed by atoms with Gasteiger partial charge in [-0.15, -0.1) is 0 Å². The Morgan fingerprint density at radius 1 is 1.03 bits per heavy atom. The highest BCUT2D eigenvalue weighted by Gasteiger charge is 2.51. The Kier molecular flexibility index (Phi) is 11.1. The second-order valence-electron chi connectivity index (χ2n) is 10.7. The van der Waals surface area contributed by atoms with Crippen LogP contribution >= 0.6 is 0 Å². The molecule has 0 amide bonds. The molecule has 1 saturated heterocycles. The molecular weight excluding hydrogens is 464 g/mol. The summed E-state index contributed by atoms with van der Waals surface area (Å²) in [5, 5.41) is 32.0. The number of hydrogen-bond donors (Lipinski definition) is 3. The highest BCUT2D eigenvalue weighted by atomic mass is 16.7. The number of aliphatic hydroxyl groups is 3. The zero-order valence-electron chi connectivity index (χ0n) is 22.5. The summed E-state index contributed by atoms with van der Waals surface area (Å²) in [5.41, 5.74) is -1.79. The Labute approximate surface area is 215 Å². The molecule has 2 rings (SSSR count). The lowest BCUT2D eigenvalue weighted by molar-refractivity contribution is -0.322. The molecule has 8 heteroatoms. The molecule has 0 aromatic heterocycles. The molecule has 2 aliphatic heterocycles. The van der Waals surface area contributed by atoms with Crippen LogP contribution in [-0.2, 0) is 23.8 Å². The molecule has 2 aliphatic rings. The van der Waals surface area contributed by atoms with E-state index in [-0.39, 0.29) is 42.0 Å². The lowest BCUT2D eigenvalue weighted by Gasteiger charge is -2.47. The van der Waals surface area contributed by atoms with Crippen LogP contribution in [0.5, 0.6) is 0 Å². The van der Waals surface area contributed by atoms with E-state index in [9.17, 15) is 24.9 Å². The Morgan fingerprint density at radius 2 is 1.69 bits per heavy atom. The number of carbonyl (C=O) groups is 2. The molecule has 1 fully saturated rings. The van der Waals surface area contributed by atoms with E-state index in [0.717, 1.165) is 0 Å². The number of ketones is 1. The molecule has 3 unspecified atom stereocenters. The number of rotatable bonds is 3. The van der Waals surface area contributed by atoms with Gasteiger partial charge in [0.15, 0.2) is 12.1 Å². The SMILES string of the molecule is CC1C[C@H](C)[C@H](OC2O[C@H](C)C[C@](O)(C(C)O)[C@H]2O)[C@@H](C)/C=C/C(=O)O[C@H](C)[C@@H](C)/C=C/C=C/C1=O. The predicted molar refractivity (Wildman–Crippen MR) is 136 cm³/mol. The molecule has 204 valence electrons. The summed E-state index contributed by atoms with van der Waals surface area (Å²) in [6.45, 7) is 12.6. The topological polar surface area (TPSA) is 123 Å². The van der Waals surface area contributed by atoms with Crippen LogP contribution < -0.4 is 0 Å². The molecule has 3 N–H and O–H groups in total. The van der Waals surface area contributed by atoms with Gasteiger partial charge in [0.2, 0.25) is 0 Å². The fourth-order valence-corrected chi connectivity index (χ4v) is 4.81. The van der Waals surface area contributed by atoms with Crippen molar-refractivity contribution >= 4 is 11.8 Å². The average molecular weight is 509 g/mol. The normalized spacial score (nSPS) is 44.9. The number of esters is 1. The van der Waals surface area contributed by atoms with E-state index in [1.165, 1.54) is 13.0 Å². The van der Waals surface area contributed by atoms with Crippen molar-refractivity contribution in [1.82, 2.24) is 0 Å². The summed E-state index contributed by atoms with van der Waals surface area (Å²) >= 11 is 0. The summed E-state index contributed by atoms with van der Waals surface area (Å²) in [6, 6.07) is 0. The number of hydrogen-bond acceptors (Lipinski definition) is 8. The van der Waals surface area contributed by atoms with E-state index in [0.29, 0.717) is 6.42 Å². The van der Waals surface area contributed by atoms with Crippen LogP contribution in [0, 0.1) is 23.7 Å². The maximum absolute atomic E-state index is 12.7. The van der Waals surface area contributed by atoms with Crippen LogP contribution in [0.15, 0.2) is 36.5 Å². The van der Waals surface area contributed by atoms with Crippen LogP contribution in [0.4, 0.5) is 0 Å². The summed E-state index contributed by atoms with van der Waals surface area (Å²) in [5.74, 6) is -1.31. The number of allylic oxidation sites excluding steroid dienone is 3. The number of carbonyl (C=O) groups excluding carboxylic acids is 2. The molecule has 36 heavy (non-hydrogen) atoms. The van der Waals surface area contributed by atoms with E-state index in [4.69, 9.17) is 14.2 Å². The standard InChI is InChI=1S/C28H44O8/c1-16-10-8-9-11-23(30)18(3)14-19(4)25(17(2)12-13-24(31)35-21(16)6)36-27-26(32)28(33,22(7)29)15-20(5)34-27/h8-13,16-22,25-27,29,32-33H,14-15H2,1-7H3/b10-8+,11-9+,13-12+/t16-,17-,18?,19-,20+,21+,22?,25+,26-,27?,28-/m0/s1. The molecule has 8 nitrogen and oxygen atoms in total. The highest BCUT2D eigenvalue weighted by molar-refractivity contribution is 5.91. The van der Waals surface area contributed by atoms with Crippen molar-refractivity contribution in [2.45, 2.75) is 104 Å². The van der Waals surface area contributed by atoms with Gasteiger partial charge in [0, 0.05) is 30.3 Å². The zero-order valence-corrected chi connectivity index (χ0v) is 22.5. The van der Waals surface area contributed by atoms with Crippen molar-refractivity contribution in [3.8, 4) is 0 Å². The lowest BCUT2D eigenvalue weighted by Crippen LogP contribution is -2.63. The van der Waals surface area contributed by atoms with Crippen LogP contribution in [0.1, 0.15) is 61.3 Å². The molecule has 0 aromatic rings. The van der Waals surface area contributed by atoms with Crippen molar-refractivity contribution in [3.63, 3.8) is 0 Å². The molecule has 2 heterocycles. The fourth-order valence-electron chi connectivity index (χ4n) is 4.81. The Hall–Kier alpha value is -1.84. The first kappa shape index (κ1) is 30.4. The summed E-state index contributed by atoms with van der Waals surface area (Å²) < 4.78 is 17.6. The maximum atomic E-state index is 12.7. The van der Waals surface area contributed by atoms with Crippen molar-refractivity contribution in [2.75, 3.05) is 0 Å². The molecule has 0 radical (unpaired) electrons. The average Bonchev–Trinajstić information content (AvgIpc) is 2.80. The second kappa shape index (κ2) is 13.1. The highest BCUT2D eigenvalue weighted by Crippen LogP contribution is 2.35. The van der Waals surface area contributed by atoms with Gasteiger partial charge in [0.05, 0.1) is 18.3 Å². The molecular formula is C28H44O8. The van der Waals surface area contributed by atoms with E-state index < -0.39 is 42.3 Å². The van der Waals surface area contributed by atoms with Crippen molar-refractivity contribution in [2.24, 2.45) is 23.7 Å². The van der Waals surface area contributed by atoms with Gasteiger partial charge < -0.3 is 29.5 Å². The molecule has 0 saturated carbocycles. The van der Waals surface area contributed by atoms with E-state index in [1.54, 1.807) is 31.2 Å². The van der Waals surface area contributed by atoms with Gasteiger partial charge in [-0.2, -0.15) is 0 Å². The first-order chi connectivity index (χ1) is 16.8. The predicted octanol–water partition coefficient (Wildman–Crippen LogP) is 3.10. The van der Waals surface area contributed by atoms with Gasteiger partial charge in [-0.05, 0) is 39.2 Å². The summed E-state index contributed by atoms with van der Waals surface area (Å²) in [4.78, 5) is 25.2. The fraction of sp³-hybridized carbons (Fsp3) is 0.714. The minimum absolute atomic E-state index is 0.0151. The number of aliphatic hydroxyl groups excluding tert-OH is 2. The quantitative estimate of drug-likeness (QED) is 0.497. The van der Waals surface area contributed by atoms with Crippen LogP contribution in [-0.4, -0.2) is 69.5 Å². The van der Waals surface area contributed by atoms with Gasteiger partial charge in [-0.3, -0.25) is 4.79 Å². The van der Waals surface area contributed by atoms with Gasteiger partial charge in [-0.25, -0.2) is 4.79 Å². The third-order valence-electron chi connectivity index (χ3n) is 7.42. The van der Waals surface area contributed by atoms with Gasteiger partial charge in [0.25, 0.3) is 0 Å². The summed E-state index contributed by atoms with van der Waals surface area (Å²) in [6.07, 6.45) is 5.23. The van der Waals surface area contributed by atoms with Crippen molar-refractivity contribution < 1.29 is 39.1 Å². The minimum atomic E-state index is -1.79.